The smallest absolute Gasteiger partial charge is 0.123 e. The molecule has 6 heteroatoms. The van der Waals surface area contributed by atoms with Crippen LogP contribution in [0.2, 0.25) is 0 Å². The quantitative estimate of drug-likeness (QED) is 0.694. The SMILES string of the molecule is CCOc1ccccc1CN1CCN(Cc2cc(C(C)C)n[nH]2)CC1CCO. The van der Waals surface area contributed by atoms with Crippen molar-refractivity contribution in [2.45, 2.75) is 52.2 Å². The van der Waals surface area contributed by atoms with Gasteiger partial charge < -0.3 is 9.84 Å². The molecule has 1 fully saturated rings. The summed E-state index contributed by atoms with van der Waals surface area (Å²) in [6, 6.07) is 10.8. The fraction of sp³-hybridized carbons (Fsp3) is 0.591. The summed E-state index contributed by atoms with van der Waals surface area (Å²) in [4.78, 5) is 4.94. The van der Waals surface area contributed by atoms with Crippen LogP contribution in [0.4, 0.5) is 0 Å². The van der Waals surface area contributed by atoms with Gasteiger partial charge in [-0.1, -0.05) is 32.0 Å². The van der Waals surface area contributed by atoms with Crippen LogP contribution in [0.3, 0.4) is 0 Å². The molecular weight excluding hydrogens is 352 g/mol. The number of H-pyrrole nitrogens is 1. The number of hydrogen-bond acceptors (Lipinski definition) is 5. The number of aromatic amines is 1. The van der Waals surface area contributed by atoms with Crippen LogP contribution in [-0.2, 0) is 13.1 Å². The van der Waals surface area contributed by atoms with Gasteiger partial charge in [-0.05, 0) is 31.4 Å². The van der Waals surface area contributed by atoms with E-state index < -0.39 is 0 Å². The Hall–Kier alpha value is -1.89. The third kappa shape index (κ3) is 5.34. The Labute approximate surface area is 168 Å². The Kier molecular flexibility index (Phi) is 7.48. The van der Waals surface area contributed by atoms with E-state index in [1.807, 2.05) is 19.1 Å². The standard InChI is InChI=1S/C22H34N4O2/c1-4-28-22-8-6-5-7-18(22)14-26-11-10-25(16-20(26)9-12-27)15-19-13-21(17(2)3)24-23-19/h5-8,13,17,20,27H,4,9-12,14-16H2,1-3H3,(H,23,24). The van der Waals surface area contributed by atoms with Gasteiger partial charge in [0.25, 0.3) is 0 Å². The van der Waals surface area contributed by atoms with E-state index in [9.17, 15) is 5.11 Å². The van der Waals surface area contributed by atoms with Gasteiger partial charge in [0, 0.05) is 56.6 Å². The topological polar surface area (TPSA) is 64.6 Å². The van der Waals surface area contributed by atoms with E-state index in [1.165, 1.54) is 11.3 Å². The highest BCUT2D eigenvalue weighted by molar-refractivity contribution is 5.33. The number of piperazine rings is 1. The van der Waals surface area contributed by atoms with Crippen molar-refractivity contribution >= 4 is 0 Å². The number of hydrogen-bond donors (Lipinski definition) is 2. The predicted molar refractivity (Wildman–Crippen MR) is 111 cm³/mol. The lowest BCUT2D eigenvalue weighted by atomic mass is 10.1. The minimum absolute atomic E-state index is 0.212. The van der Waals surface area contributed by atoms with Gasteiger partial charge in [0.05, 0.1) is 12.3 Å². The van der Waals surface area contributed by atoms with Crippen molar-refractivity contribution in [3.05, 3.63) is 47.3 Å². The molecule has 0 radical (unpaired) electrons. The fourth-order valence-electron chi connectivity index (χ4n) is 3.88. The van der Waals surface area contributed by atoms with Crippen molar-refractivity contribution in [1.82, 2.24) is 20.0 Å². The maximum absolute atomic E-state index is 9.60. The van der Waals surface area contributed by atoms with Crippen molar-refractivity contribution in [1.29, 1.82) is 0 Å². The van der Waals surface area contributed by atoms with Gasteiger partial charge >= 0.3 is 0 Å². The summed E-state index contributed by atoms with van der Waals surface area (Å²) in [5.74, 6) is 1.41. The summed E-state index contributed by atoms with van der Waals surface area (Å²) >= 11 is 0. The number of ether oxygens (including phenoxy) is 1. The first-order valence-corrected chi connectivity index (χ1v) is 10.4. The molecule has 0 bridgehead atoms. The molecule has 1 aromatic heterocycles. The zero-order chi connectivity index (χ0) is 19.9. The second-order valence-corrected chi connectivity index (χ2v) is 7.89. The molecule has 2 N–H and O–H groups in total. The Balaban J connectivity index is 1.64. The van der Waals surface area contributed by atoms with Gasteiger partial charge in [-0.2, -0.15) is 5.10 Å². The number of benzene rings is 1. The fourth-order valence-corrected chi connectivity index (χ4v) is 3.88. The van der Waals surface area contributed by atoms with E-state index in [-0.39, 0.29) is 6.61 Å². The Morgan fingerprint density at radius 2 is 2.07 bits per heavy atom. The molecule has 28 heavy (non-hydrogen) atoms. The average molecular weight is 387 g/mol. The third-order valence-electron chi connectivity index (χ3n) is 5.43. The highest BCUT2D eigenvalue weighted by Crippen LogP contribution is 2.24. The van der Waals surface area contributed by atoms with Crippen molar-refractivity contribution in [3.8, 4) is 5.75 Å². The number of para-hydroxylation sites is 1. The highest BCUT2D eigenvalue weighted by Gasteiger charge is 2.27. The van der Waals surface area contributed by atoms with Crippen molar-refractivity contribution < 1.29 is 9.84 Å². The van der Waals surface area contributed by atoms with Gasteiger partial charge in [-0.25, -0.2) is 0 Å². The van der Waals surface area contributed by atoms with Crippen LogP contribution in [0.1, 0.15) is 50.1 Å². The number of nitrogens with one attached hydrogen (secondary N) is 1. The molecule has 0 aliphatic carbocycles. The van der Waals surface area contributed by atoms with Crippen LogP contribution in [-0.4, -0.2) is 64.0 Å². The van der Waals surface area contributed by atoms with Crippen LogP contribution < -0.4 is 4.74 Å². The maximum Gasteiger partial charge on any atom is 0.123 e. The summed E-state index contributed by atoms with van der Waals surface area (Å²) in [5, 5.41) is 17.2. The van der Waals surface area contributed by atoms with E-state index in [4.69, 9.17) is 4.74 Å². The van der Waals surface area contributed by atoms with E-state index in [1.54, 1.807) is 0 Å². The van der Waals surface area contributed by atoms with Gasteiger partial charge in [0.1, 0.15) is 5.75 Å². The van der Waals surface area contributed by atoms with Crippen LogP contribution in [0, 0.1) is 0 Å². The summed E-state index contributed by atoms with van der Waals surface area (Å²) in [6.07, 6.45) is 0.785. The van der Waals surface area contributed by atoms with Crippen molar-refractivity contribution in [3.63, 3.8) is 0 Å². The first kappa shape index (κ1) is 20.8. The zero-order valence-corrected chi connectivity index (χ0v) is 17.4. The minimum atomic E-state index is 0.212. The number of aromatic nitrogens is 2. The van der Waals surface area contributed by atoms with Crippen LogP contribution in [0.25, 0.3) is 0 Å². The maximum atomic E-state index is 9.60. The van der Waals surface area contributed by atoms with Gasteiger partial charge in [0.15, 0.2) is 0 Å². The van der Waals surface area contributed by atoms with Gasteiger partial charge in [-0.15, -0.1) is 0 Å². The number of aliphatic hydroxyl groups is 1. The first-order valence-electron chi connectivity index (χ1n) is 10.4. The molecule has 3 rings (SSSR count). The number of rotatable bonds is 9. The lowest BCUT2D eigenvalue weighted by Gasteiger charge is -2.41. The Morgan fingerprint density at radius 1 is 1.25 bits per heavy atom. The third-order valence-corrected chi connectivity index (χ3v) is 5.43. The molecule has 0 amide bonds. The summed E-state index contributed by atoms with van der Waals surface area (Å²) < 4.78 is 5.80. The minimum Gasteiger partial charge on any atom is -0.494 e. The second-order valence-electron chi connectivity index (χ2n) is 7.89. The lowest BCUT2D eigenvalue weighted by molar-refractivity contribution is 0.0488. The summed E-state index contributed by atoms with van der Waals surface area (Å²) in [6.45, 7) is 11.9. The van der Waals surface area contributed by atoms with Crippen LogP contribution in [0.15, 0.2) is 30.3 Å². The molecule has 1 unspecified atom stereocenters. The van der Waals surface area contributed by atoms with Crippen LogP contribution in [0.5, 0.6) is 5.75 Å². The summed E-state index contributed by atoms with van der Waals surface area (Å²) in [7, 11) is 0. The molecule has 1 atom stereocenters. The largest absolute Gasteiger partial charge is 0.494 e. The van der Waals surface area contributed by atoms with E-state index >= 15 is 0 Å². The van der Waals surface area contributed by atoms with E-state index in [0.29, 0.717) is 18.6 Å². The number of nitrogens with zero attached hydrogens (tertiary/aromatic N) is 3. The van der Waals surface area contributed by atoms with E-state index in [0.717, 1.165) is 50.6 Å². The van der Waals surface area contributed by atoms with Crippen molar-refractivity contribution in [2.24, 2.45) is 0 Å². The van der Waals surface area contributed by atoms with Gasteiger partial charge in [-0.3, -0.25) is 14.9 Å². The van der Waals surface area contributed by atoms with Gasteiger partial charge in [0.2, 0.25) is 0 Å². The lowest BCUT2D eigenvalue weighted by Crippen LogP contribution is -2.52. The second kappa shape index (κ2) is 10.0. The Bertz CT molecular complexity index is 731. The summed E-state index contributed by atoms with van der Waals surface area (Å²) in [5.41, 5.74) is 3.51. The molecule has 1 aromatic carbocycles. The first-order chi connectivity index (χ1) is 13.6. The molecule has 1 aliphatic heterocycles. The van der Waals surface area contributed by atoms with Crippen molar-refractivity contribution in [2.75, 3.05) is 32.8 Å². The highest BCUT2D eigenvalue weighted by atomic mass is 16.5. The molecular formula is C22H34N4O2. The monoisotopic (exact) mass is 386 g/mol. The zero-order valence-electron chi connectivity index (χ0n) is 17.4. The molecule has 1 saturated heterocycles. The molecule has 6 nitrogen and oxygen atoms in total. The predicted octanol–water partition coefficient (Wildman–Crippen LogP) is 3.00. The molecule has 0 saturated carbocycles. The average Bonchev–Trinajstić information content (AvgIpc) is 3.15. The normalized spacial score (nSPS) is 18.7. The molecule has 2 heterocycles. The molecule has 154 valence electrons. The molecule has 0 spiro atoms. The van der Waals surface area contributed by atoms with E-state index in [2.05, 4.69) is 52.0 Å². The number of aliphatic hydroxyl groups excluding tert-OH is 1. The molecule has 2 aromatic rings. The van der Waals surface area contributed by atoms with Crippen LogP contribution >= 0.6 is 0 Å². The Morgan fingerprint density at radius 3 is 2.79 bits per heavy atom. The molecule has 1 aliphatic rings.